The first-order valence-electron chi connectivity index (χ1n) is 8.00. The van der Waals surface area contributed by atoms with E-state index in [-0.39, 0.29) is 22.7 Å². The first kappa shape index (κ1) is 21.5. The van der Waals surface area contributed by atoms with Crippen molar-refractivity contribution in [3.63, 3.8) is 0 Å². The molecule has 1 N–H and O–H groups in total. The molecule has 0 aliphatic carbocycles. The van der Waals surface area contributed by atoms with Gasteiger partial charge in [0.15, 0.2) is 0 Å². The average Bonchev–Trinajstić information content (AvgIpc) is 3.01. The molecule has 0 bridgehead atoms. The normalized spacial score (nSPS) is 40.0. The zero-order chi connectivity index (χ0) is 17.4. The number of hydrogen-bond donors (Lipinski definition) is 1. The maximum Gasteiger partial charge on any atom is 0.0981 e. The molecule has 0 aromatic carbocycles. The van der Waals surface area contributed by atoms with Gasteiger partial charge in [-0.2, -0.15) is 11.8 Å². The molecule has 2 aliphatic heterocycles. The minimum absolute atomic E-state index is 0.0788. The number of hydrogen-bond acceptors (Lipinski definition) is 7. The van der Waals surface area contributed by atoms with Crippen LogP contribution in [0.4, 0.5) is 0 Å². The van der Waals surface area contributed by atoms with E-state index in [1.54, 1.807) is 40.2 Å². The molecule has 138 valence electrons. The summed E-state index contributed by atoms with van der Waals surface area (Å²) in [6.07, 6.45) is 1.12. The number of ether oxygens (including phenoxy) is 4. The molecule has 7 unspecified atom stereocenters. The maximum atomic E-state index is 9.65. The van der Waals surface area contributed by atoms with E-state index in [1.165, 1.54) is 0 Å². The second-order valence-electron chi connectivity index (χ2n) is 5.98. The lowest BCUT2D eigenvalue weighted by Crippen LogP contribution is -2.35. The van der Waals surface area contributed by atoms with E-state index in [4.69, 9.17) is 18.9 Å². The molecule has 2 rings (SSSR count). The first-order chi connectivity index (χ1) is 11.0. The van der Waals surface area contributed by atoms with Gasteiger partial charge in [0.05, 0.1) is 42.0 Å². The highest BCUT2D eigenvalue weighted by molar-refractivity contribution is 8.01. The fourth-order valence-corrected chi connectivity index (χ4v) is 6.01. The topological polar surface area (TPSA) is 57.2 Å². The summed E-state index contributed by atoms with van der Waals surface area (Å²) in [6.45, 7) is 5.71. The number of methoxy groups -OCH3 is 4. The Labute approximate surface area is 149 Å². The van der Waals surface area contributed by atoms with E-state index in [0.717, 1.165) is 18.3 Å². The molecular weight excluding hydrogens is 336 g/mol. The molecule has 0 radical (unpaired) electrons. The number of aliphatic hydroxyl groups is 1. The SMILES string of the molecule is COCC1SC(C)C(O)C1OC.COCC1SC(C)CC1OC. The Morgan fingerprint density at radius 2 is 1.52 bits per heavy atom. The Hall–Kier alpha value is 0.500. The molecule has 23 heavy (non-hydrogen) atoms. The number of aliphatic hydroxyl groups excluding tert-OH is 1. The Bertz CT molecular complexity index is 321. The molecule has 2 fully saturated rings. The molecule has 0 aromatic heterocycles. The maximum absolute atomic E-state index is 9.65. The number of rotatable bonds is 6. The van der Waals surface area contributed by atoms with E-state index in [2.05, 4.69) is 6.92 Å². The van der Waals surface area contributed by atoms with Gasteiger partial charge in [0, 0.05) is 38.9 Å². The van der Waals surface area contributed by atoms with E-state index in [1.807, 2.05) is 18.7 Å². The van der Waals surface area contributed by atoms with E-state index < -0.39 is 0 Å². The molecule has 7 atom stereocenters. The van der Waals surface area contributed by atoms with Gasteiger partial charge in [-0.1, -0.05) is 13.8 Å². The fourth-order valence-electron chi connectivity index (χ4n) is 2.99. The highest BCUT2D eigenvalue weighted by Gasteiger charge is 2.40. The van der Waals surface area contributed by atoms with E-state index in [0.29, 0.717) is 18.0 Å². The number of thioether (sulfide) groups is 2. The molecule has 2 heterocycles. The van der Waals surface area contributed by atoms with Gasteiger partial charge in [0.1, 0.15) is 0 Å². The molecule has 0 spiro atoms. The summed E-state index contributed by atoms with van der Waals surface area (Å²) in [5.41, 5.74) is 0. The smallest absolute Gasteiger partial charge is 0.0981 e. The van der Waals surface area contributed by atoms with Crippen molar-refractivity contribution < 1.29 is 24.1 Å². The van der Waals surface area contributed by atoms with Gasteiger partial charge < -0.3 is 24.1 Å². The van der Waals surface area contributed by atoms with E-state index in [9.17, 15) is 5.11 Å². The lowest BCUT2D eigenvalue weighted by molar-refractivity contribution is -0.0119. The Balaban J connectivity index is 0.000000231. The summed E-state index contributed by atoms with van der Waals surface area (Å²) in [5.74, 6) is 0. The minimum Gasteiger partial charge on any atom is -0.389 e. The second kappa shape index (κ2) is 11.2. The summed E-state index contributed by atoms with van der Waals surface area (Å²) < 4.78 is 20.7. The summed E-state index contributed by atoms with van der Waals surface area (Å²) in [6, 6.07) is 0. The summed E-state index contributed by atoms with van der Waals surface area (Å²) >= 11 is 3.70. The van der Waals surface area contributed by atoms with Crippen molar-refractivity contribution in [1.82, 2.24) is 0 Å². The highest BCUT2D eigenvalue weighted by atomic mass is 32.2. The van der Waals surface area contributed by atoms with Gasteiger partial charge in [0.2, 0.25) is 0 Å². The predicted octanol–water partition coefficient (Wildman–Crippen LogP) is 2.05. The van der Waals surface area contributed by atoms with Crippen molar-refractivity contribution in [3.05, 3.63) is 0 Å². The predicted molar refractivity (Wildman–Crippen MR) is 97.7 cm³/mol. The van der Waals surface area contributed by atoms with Crippen LogP contribution in [-0.2, 0) is 18.9 Å². The van der Waals surface area contributed by atoms with Crippen molar-refractivity contribution in [2.45, 2.75) is 59.6 Å². The molecule has 2 aliphatic rings. The van der Waals surface area contributed by atoms with Gasteiger partial charge in [-0.3, -0.25) is 0 Å². The Kier molecular flexibility index (Phi) is 10.5. The zero-order valence-electron chi connectivity index (χ0n) is 15.1. The molecular formula is C16H32O5S2. The summed E-state index contributed by atoms with van der Waals surface area (Å²) in [4.78, 5) is 0. The summed E-state index contributed by atoms with van der Waals surface area (Å²) in [7, 11) is 6.83. The third-order valence-electron chi connectivity index (χ3n) is 4.20. The lowest BCUT2D eigenvalue weighted by Gasteiger charge is -2.18. The van der Waals surface area contributed by atoms with Gasteiger partial charge in [0.25, 0.3) is 0 Å². The molecule has 0 amide bonds. The van der Waals surface area contributed by atoms with Crippen LogP contribution < -0.4 is 0 Å². The molecule has 0 saturated carbocycles. The van der Waals surface area contributed by atoms with Gasteiger partial charge in [-0.25, -0.2) is 0 Å². The van der Waals surface area contributed by atoms with Crippen LogP contribution >= 0.6 is 23.5 Å². The van der Waals surface area contributed by atoms with Crippen LogP contribution in [0.25, 0.3) is 0 Å². The van der Waals surface area contributed by atoms with Crippen LogP contribution in [0.2, 0.25) is 0 Å². The van der Waals surface area contributed by atoms with Gasteiger partial charge >= 0.3 is 0 Å². The van der Waals surface area contributed by atoms with Crippen LogP contribution in [0.5, 0.6) is 0 Å². The second-order valence-corrected chi connectivity index (χ2v) is 9.28. The quantitative estimate of drug-likeness (QED) is 0.770. The monoisotopic (exact) mass is 368 g/mol. The van der Waals surface area contributed by atoms with Crippen LogP contribution in [0.3, 0.4) is 0 Å². The van der Waals surface area contributed by atoms with Gasteiger partial charge in [-0.05, 0) is 6.42 Å². The van der Waals surface area contributed by atoms with Crippen LogP contribution in [0, 0.1) is 0 Å². The standard InChI is InChI=1S/C8H16O3S.C8H16O2S/c1-5-7(9)8(11-3)6(12-5)4-10-2;1-6-4-7(10-3)8(11-6)5-9-2/h5-9H,4H2,1-3H3;6-8H,4-5H2,1-3H3. The Morgan fingerprint density at radius 1 is 0.913 bits per heavy atom. The fraction of sp³-hybridized carbons (Fsp3) is 1.00. The van der Waals surface area contributed by atoms with E-state index >= 15 is 0 Å². The van der Waals surface area contributed by atoms with Crippen molar-refractivity contribution in [3.8, 4) is 0 Å². The third-order valence-corrected chi connectivity index (χ3v) is 7.10. The first-order valence-corrected chi connectivity index (χ1v) is 9.89. The Morgan fingerprint density at radius 3 is 2.04 bits per heavy atom. The zero-order valence-corrected chi connectivity index (χ0v) is 16.7. The largest absolute Gasteiger partial charge is 0.389 e. The van der Waals surface area contributed by atoms with Gasteiger partial charge in [-0.15, -0.1) is 11.8 Å². The van der Waals surface area contributed by atoms with Crippen LogP contribution in [0.1, 0.15) is 20.3 Å². The highest BCUT2D eigenvalue weighted by Crippen LogP contribution is 2.36. The summed E-state index contributed by atoms with van der Waals surface area (Å²) in [5, 5.41) is 11.4. The van der Waals surface area contributed by atoms with Crippen molar-refractivity contribution in [2.24, 2.45) is 0 Å². The van der Waals surface area contributed by atoms with Crippen molar-refractivity contribution >= 4 is 23.5 Å². The molecule has 2 saturated heterocycles. The molecule has 0 aromatic rings. The van der Waals surface area contributed by atoms with Crippen molar-refractivity contribution in [1.29, 1.82) is 0 Å². The van der Waals surface area contributed by atoms with Crippen LogP contribution in [-0.4, -0.2) is 86.1 Å². The van der Waals surface area contributed by atoms with Crippen LogP contribution in [0.15, 0.2) is 0 Å². The molecule has 7 heteroatoms. The van der Waals surface area contributed by atoms with Crippen molar-refractivity contribution in [2.75, 3.05) is 41.7 Å². The molecule has 5 nitrogen and oxygen atoms in total. The lowest BCUT2D eigenvalue weighted by atomic mass is 10.1. The third kappa shape index (κ3) is 6.38. The average molecular weight is 369 g/mol. The minimum atomic E-state index is -0.361.